The third-order valence-corrected chi connectivity index (χ3v) is 6.88. The summed E-state index contributed by atoms with van der Waals surface area (Å²) >= 11 is 0. The number of carbonyl (C=O) groups is 4. The van der Waals surface area contributed by atoms with Gasteiger partial charge in [0, 0.05) is 5.41 Å². The summed E-state index contributed by atoms with van der Waals surface area (Å²) in [5.74, 6) is -2.33. The highest BCUT2D eigenvalue weighted by molar-refractivity contribution is 6.44. The van der Waals surface area contributed by atoms with Gasteiger partial charge in [-0.2, -0.15) is 5.10 Å². The quantitative estimate of drug-likeness (QED) is 0.414. The normalized spacial score (nSPS) is 19.2. The van der Waals surface area contributed by atoms with Crippen LogP contribution in [0.2, 0.25) is 0 Å². The number of carbonyl (C=O) groups excluding carboxylic acids is 4. The van der Waals surface area contributed by atoms with E-state index in [0.717, 1.165) is 21.7 Å². The predicted octanol–water partition coefficient (Wildman–Crippen LogP) is 2.94. The third kappa shape index (κ3) is 3.92. The topological polar surface area (TPSA) is 127 Å². The van der Waals surface area contributed by atoms with Gasteiger partial charge >= 0.3 is 17.8 Å². The van der Waals surface area contributed by atoms with Crippen LogP contribution in [0, 0.1) is 0 Å². The molecule has 5 rings (SSSR count). The van der Waals surface area contributed by atoms with Gasteiger partial charge in [0.1, 0.15) is 5.41 Å². The number of nitrogens with one attached hydrogen (secondary N) is 1. The van der Waals surface area contributed by atoms with Gasteiger partial charge in [0.05, 0.1) is 23.6 Å². The summed E-state index contributed by atoms with van der Waals surface area (Å²) in [6.45, 7) is 6.04. The molecule has 1 aliphatic carbocycles. The van der Waals surface area contributed by atoms with Gasteiger partial charge in [-0.25, -0.2) is 9.48 Å². The van der Waals surface area contributed by atoms with Gasteiger partial charge in [-0.1, -0.05) is 69.3 Å². The van der Waals surface area contributed by atoms with E-state index >= 15 is 0 Å². The molecule has 1 aromatic heterocycles. The van der Waals surface area contributed by atoms with Crippen LogP contribution in [0.15, 0.2) is 60.7 Å². The summed E-state index contributed by atoms with van der Waals surface area (Å²) in [7, 11) is 0. The molecule has 0 saturated carbocycles. The largest absolute Gasteiger partial charge is 0.369 e. The number of nitrogens with zero attached hydrogens (tertiary/aromatic N) is 3. The van der Waals surface area contributed by atoms with Crippen molar-refractivity contribution in [3.8, 4) is 5.69 Å². The number of primary amides is 1. The highest BCUT2D eigenvalue weighted by atomic mass is 16.2. The van der Waals surface area contributed by atoms with Crippen LogP contribution in [0.3, 0.4) is 0 Å². The number of hydrogen-bond donors (Lipinski definition) is 2. The lowest BCUT2D eigenvalue weighted by molar-refractivity contribution is -0.140. The Morgan fingerprint density at radius 3 is 2.51 bits per heavy atom. The average Bonchev–Trinajstić information content (AvgIpc) is 3.41. The van der Waals surface area contributed by atoms with Crippen LogP contribution in [0.1, 0.15) is 55.3 Å². The Morgan fingerprint density at radius 1 is 1.08 bits per heavy atom. The summed E-state index contributed by atoms with van der Waals surface area (Å²) < 4.78 is 1.72. The molecule has 2 heterocycles. The van der Waals surface area contributed by atoms with E-state index in [1.54, 1.807) is 22.9 Å². The number of rotatable bonds is 5. The van der Waals surface area contributed by atoms with Gasteiger partial charge in [0.25, 0.3) is 0 Å². The van der Waals surface area contributed by atoms with Gasteiger partial charge in [0.15, 0.2) is 0 Å². The fourth-order valence-corrected chi connectivity index (χ4v) is 4.90. The monoisotopic (exact) mass is 497 g/mol. The molecule has 37 heavy (non-hydrogen) atoms. The van der Waals surface area contributed by atoms with Crippen molar-refractivity contribution in [3.05, 3.63) is 88.8 Å². The molecule has 9 heteroatoms. The fraction of sp³-hybridized carbons (Fsp3) is 0.250. The lowest BCUT2D eigenvalue weighted by atomic mass is 9.69. The number of amides is 5. The number of benzene rings is 2. The van der Waals surface area contributed by atoms with Gasteiger partial charge in [-0.15, -0.1) is 0 Å². The molecule has 5 amide bonds. The molecule has 3 N–H and O–H groups in total. The van der Waals surface area contributed by atoms with Crippen molar-refractivity contribution in [3.63, 3.8) is 0 Å². The SMILES string of the molecule is CC(C)(C)c1cc(C2(C(N)=O)CC=Cc3ccccc32)n(-c2cccc(CN3C(=O)NC(=O)C3=O)c2)n1. The zero-order valence-electron chi connectivity index (χ0n) is 20.8. The molecule has 1 atom stereocenters. The molecule has 1 saturated heterocycles. The van der Waals surface area contributed by atoms with E-state index in [9.17, 15) is 19.2 Å². The minimum absolute atomic E-state index is 0.0838. The minimum Gasteiger partial charge on any atom is -0.369 e. The van der Waals surface area contributed by atoms with Crippen LogP contribution in [0.4, 0.5) is 4.79 Å². The molecule has 0 bridgehead atoms. The van der Waals surface area contributed by atoms with E-state index in [2.05, 4.69) is 0 Å². The number of hydrogen-bond acceptors (Lipinski definition) is 5. The van der Waals surface area contributed by atoms with E-state index in [0.29, 0.717) is 23.4 Å². The molecular formula is C28H27N5O4. The first kappa shape index (κ1) is 24.2. The molecule has 2 aliphatic rings. The second kappa shape index (κ2) is 8.55. The molecule has 3 aromatic rings. The number of urea groups is 1. The molecule has 188 valence electrons. The Morgan fingerprint density at radius 2 is 1.84 bits per heavy atom. The summed E-state index contributed by atoms with van der Waals surface area (Å²) in [5, 5.41) is 6.92. The average molecular weight is 498 g/mol. The fourth-order valence-electron chi connectivity index (χ4n) is 4.90. The maximum absolute atomic E-state index is 13.3. The van der Waals surface area contributed by atoms with Crippen molar-refractivity contribution in [1.29, 1.82) is 0 Å². The zero-order valence-corrected chi connectivity index (χ0v) is 20.8. The van der Waals surface area contributed by atoms with Crippen LogP contribution in [-0.4, -0.2) is 38.4 Å². The van der Waals surface area contributed by atoms with Gasteiger partial charge in [-0.3, -0.25) is 24.6 Å². The molecule has 1 unspecified atom stereocenters. The molecule has 9 nitrogen and oxygen atoms in total. The molecule has 0 spiro atoms. The maximum Gasteiger partial charge on any atom is 0.331 e. The van der Waals surface area contributed by atoms with Crippen molar-refractivity contribution in [2.75, 3.05) is 0 Å². The Hall–Kier alpha value is -4.53. The standard InChI is InChI=1S/C28H27N5O4/c1-27(2,3)21-15-22(28(25(29)36)13-7-10-18-9-4-5-12-20(18)28)33(31-21)19-11-6-8-17(14-19)16-32-24(35)23(34)30-26(32)37/h4-12,14-15H,13,16H2,1-3H3,(H2,29,36)(H,30,34,37). The lowest BCUT2D eigenvalue weighted by Crippen LogP contribution is -2.44. The van der Waals surface area contributed by atoms with Crippen molar-refractivity contribution in [2.45, 2.75) is 44.6 Å². The smallest absolute Gasteiger partial charge is 0.331 e. The molecule has 1 aliphatic heterocycles. The van der Waals surface area contributed by atoms with Crippen LogP contribution in [0.5, 0.6) is 0 Å². The highest BCUT2D eigenvalue weighted by Gasteiger charge is 2.46. The maximum atomic E-state index is 13.3. The summed E-state index contributed by atoms with van der Waals surface area (Å²) in [5.41, 5.74) is 9.06. The molecular weight excluding hydrogens is 470 g/mol. The van der Waals surface area contributed by atoms with Crippen LogP contribution >= 0.6 is 0 Å². The van der Waals surface area contributed by atoms with Gasteiger partial charge < -0.3 is 5.73 Å². The summed E-state index contributed by atoms with van der Waals surface area (Å²) in [6.07, 6.45) is 4.31. The number of allylic oxidation sites excluding steroid dienone is 1. The number of imide groups is 2. The van der Waals surface area contributed by atoms with Gasteiger partial charge in [-0.05, 0) is 41.3 Å². The summed E-state index contributed by atoms with van der Waals surface area (Å²) in [6, 6.07) is 16.0. The molecule has 1 fully saturated rings. The van der Waals surface area contributed by atoms with Crippen LogP contribution in [0.25, 0.3) is 11.8 Å². The van der Waals surface area contributed by atoms with Crippen molar-refractivity contribution in [1.82, 2.24) is 20.0 Å². The second-order valence-corrected chi connectivity index (χ2v) is 10.4. The molecule has 0 radical (unpaired) electrons. The first-order valence-corrected chi connectivity index (χ1v) is 12.0. The number of fused-ring (bicyclic) bond motifs is 1. The minimum atomic E-state index is -1.16. The highest BCUT2D eigenvalue weighted by Crippen LogP contribution is 2.43. The van der Waals surface area contributed by atoms with E-state index < -0.39 is 29.2 Å². The third-order valence-electron chi connectivity index (χ3n) is 6.88. The Kier molecular flexibility index (Phi) is 5.58. The Balaban J connectivity index is 1.67. The van der Waals surface area contributed by atoms with E-state index in [1.807, 2.05) is 74.6 Å². The van der Waals surface area contributed by atoms with Crippen molar-refractivity contribution >= 4 is 29.8 Å². The molecule has 2 aromatic carbocycles. The van der Waals surface area contributed by atoms with Crippen LogP contribution < -0.4 is 11.1 Å². The lowest BCUT2D eigenvalue weighted by Gasteiger charge is -2.34. The Labute approximate surface area is 213 Å². The van der Waals surface area contributed by atoms with E-state index in [4.69, 9.17) is 10.8 Å². The van der Waals surface area contributed by atoms with Crippen molar-refractivity contribution in [2.24, 2.45) is 5.73 Å². The van der Waals surface area contributed by atoms with E-state index in [-0.39, 0.29) is 12.0 Å². The first-order chi connectivity index (χ1) is 17.5. The Bertz CT molecular complexity index is 1500. The number of nitrogens with two attached hydrogens (primary N) is 1. The second-order valence-electron chi connectivity index (χ2n) is 10.4. The van der Waals surface area contributed by atoms with Crippen molar-refractivity contribution < 1.29 is 19.2 Å². The predicted molar refractivity (Wildman–Crippen MR) is 136 cm³/mol. The first-order valence-electron chi connectivity index (χ1n) is 12.0. The van der Waals surface area contributed by atoms with Crippen LogP contribution in [-0.2, 0) is 31.8 Å². The summed E-state index contributed by atoms with van der Waals surface area (Å²) in [4.78, 5) is 49.9. The van der Waals surface area contributed by atoms with E-state index in [1.165, 1.54) is 0 Å². The zero-order chi connectivity index (χ0) is 26.5. The van der Waals surface area contributed by atoms with Gasteiger partial charge in [0.2, 0.25) is 5.91 Å². The number of aromatic nitrogens is 2.